The highest BCUT2D eigenvalue weighted by atomic mass is 16.7. The van der Waals surface area contributed by atoms with Gasteiger partial charge in [-0.05, 0) is 59.3 Å². The smallest absolute Gasteiger partial charge is 0.303 e. The Bertz CT molecular complexity index is 674. The third kappa shape index (κ3) is 6.34. The van der Waals surface area contributed by atoms with Crippen molar-refractivity contribution in [3.8, 4) is 0 Å². The molecule has 0 amide bonds. The third-order valence-electron chi connectivity index (χ3n) is 6.90. The number of hydrogen-bond acceptors (Lipinski definition) is 8. The monoisotopic (exact) mass is 442 g/mol. The van der Waals surface area contributed by atoms with Gasteiger partial charge >= 0.3 is 5.97 Å². The molecule has 0 aromatic rings. The molecule has 7 unspecified atom stereocenters. The second-order valence-electron chi connectivity index (χ2n) is 9.97. The predicted molar refractivity (Wildman–Crippen MR) is 112 cm³/mol. The first-order chi connectivity index (χ1) is 14.3. The average Bonchev–Trinajstić information content (AvgIpc) is 2.64. The summed E-state index contributed by atoms with van der Waals surface area (Å²) < 4.78 is 17.1. The lowest BCUT2D eigenvalue weighted by Gasteiger charge is -2.47. The van der Waals surface area contributed by atoms with Crippen LogP contribution in [0.1, 0.15) is 80.1 Å². The van der Waals surface area contributed by atoms with E-state index >= 15 is 0 Å². The number of esters is 1. The SMILES string of the molecule is CC(=O)CCCC1(C)CCC(C(C)(C)OC2OC(C)C(O)C(O)C2OC(C)=O)CC1=O. The minimum absolute atomic E-state index is 0.0817. The van der Waals surface area contributed by atoms with Crippen LogP contribution in [-0.4, -0.2) is 64.1 Å². The van der Waals surface area contributed by atoms with E-state index in [1.54, 1.807) is 13.8 Å². The van der Waals surface area contributed by atoms with E-state index in [-0.39, 0.29) is 17.5 Å². The van der Waals surface area contributed by atoms with E-state index in [0.29, 0.717) is 32.1 Å². The summed E-state index contributed by atoms with van der Waals surface area (Å²) in [6.45, 7) is 10.1. The first-order valence-corrected chi connectivity index (χ1v) is 11.2. The number of aliphatic hydroxyl groups is 2. The minimum atomic E-state index is -1.34. The Balaban J connectivity index is 2.06. The Labute approximate surface area is 184 Å². The molecule has 8 heteroatoms. The van der Waals surface area contributed by atoms with Crippen LogP contribution in [0.3, 0.4) is 0 Å². The van der Waals surface area contributed by atoms with E-state index in [1.165, 1.54) is 6.92 Å². The van der Waals surface area contributed by atoms with E-state index in [4.69, 9.17) is 14.2 Å². The summed E-state index contributed by atoms with van der Waals surface area (Å²) in [6.07, 6.45) is -1.78. The van der Waals surface area contributed by atoms with Gasteiger partial charge in [0, 0.05) is 25.2 Å². The Hall–Kier alpha value is -1.35. The van der Waals surface area contributed by atoms with Gasteiger partial charge in [0.05, 0.1) is 11.7 Å². The van der Waals surface area contributed by atoms with Crippen LogP contribution in [0, 0.1) is 11.3 Å². The topological polar surface area (TPSA) is 119 Å². The highest BCUT2D eigenvalue weighted by molar-refractivity contribution is 5.85. The number of aliphatic hydroxyl groups excluding tert-OH is 2. The van der Waals surface area contributed by atoms with Crippen molar-refractivity contribution in [1.82, 2.24) is 0 Å². The molecule has 0 radical (unpaired) electrons. The second-order valence-corrected chi connectivity index (χ2v) is 9.97. The molecule has 2 N–H and O–H groups in total. The van der Waals surface area contributed by atoms with Crippen LogP contribution in [0.25, 0.3) is 0 Å². The molecular formula is C23H38O8. The zero-order valence-corrected chi connectivity index (χ0v) is 19.6. The molecule has 2 aliphatic rings. The fourth-order valence-corrected chi connectivity index (χ4v) is 4.60. The molecule has 1 saturated heterocycles. The van der Waals surface area contributed by atoms with Crippen molar-refractivity contribution in [3.05, 3.63) is 0 Å². The third-order valence-corrected chi connectivity index (χ3v) is 6.90. The van der Waals surface area contributed by atoms with E-state index in [1.807, 2.05) is 20.8 Å². The predicted octanol–water partition coefficient (Wildman–Crippen LogP) is 2.31. The normalized spacial score (nSPS) is 36.8. The molecule has 0 aromatic heterocycles. The van der Waals surface area contributed by atoms with Gasteiger partial charge in [-0.15, -0.1) is 0 Å². The van der Waals surface area contributed by atoms with Crippen LogP contribution < -0.4 is 0 Å². The van der Waals surface area contributed by atoms with Gasteiger partial charge in [0.25, 0.3) is 0 Å². The highest BCUT2D eigenvalue weighted by Crippen LogP contribution is 2.44. The van der Waals surface area contributed by atoms with Gasteiger partial charge in [-0.1, -0.05) is 6.92 Å². The summed E-state index contributed by atoms with van der Waals surface area (Å²) in [7, 11) is 0. The quantitative estimate of drug-likeness (QED) is 0.550. The van der Waals surface area contributed by atoms with Crippen molar-refractivity contribution in [2.75, 3.05) is 0 Å². The lowest BCUT2D eigenvalue weighted by Crippen LogP contribution is -2.60. The lowest BCUT2D eigenvalue weighted by molar-refractivity contribution is -0.324. The second kappa shape index (κ2) is 10.1. The molecule has 0 bridgehead atoms. The largest absolute Gasteiger partial charge is 0.454 e. The van der Waals surface area contributed by atoms with Crippen molar-refractivity contribution in [2.24, 2.45) is 11.3 Å². The van der Waals surface area contributed by atoms with Crippen molar-refractivity contribution in [2.45, 2.75) is 116 Å². The van der Waals surface area contributed by atoms with Gasteiger partial charge in [0.1, 0.15) is 23.8 Å². The van der Waals surface area contributed by atoms with Gasteiger partial charge in [-0.2, -0.15) is 0 Å². The average molecular weight is 443 g/mol. The zero-order valence-electron chi connectivity index (χ0n) is 19.6. The summed E-state index contributed by atoms with van der Waals surface area (Å²) in [5.41, 5.74) is -1.22. The number of Topliss-reactive ketones (excluding diaryl/α,β-unsaturated/α-hetero) is 2. The van der Waals surface area contributed by atoms with Crippen LogP contribution in [0.5, 0.6) is 0 Å². The fourth-order valence-electron chi connectivity index (χ4n) is 4.60. The Morgan fingerprint density at radius 1 is 1.23 bits per heavy atom. The Kier molecular flexibility index (Phi) is 8.41. The number of carbonyl (C=O) groups excluding carboxylic acids is 3. The van der Waals surface area contributed by atoms with Gasteiger partial charge in [-0.3, -0.25) is 9.59 Å². The summed E-state index contributed by atoms with van der Waals surface area (Å²) >= 11 is 0. The molecular weight excluding hydrogens is 404 g/mol. The number of hydrogen-bond donors (Lipinski definition) is 2. The van der Waals surface area contributed by atoms with Crippen molar-refractivity contribution in [1.29, 1.82) is 0 Å². The van der Waals surface area contributed by atoms with Crippen molar-refractivity contribution in [3.63, 3.8) is 0 Å². The molecule has 178 valence electrons. The number of ketones is 2. The van der Waals surface area contributed by atoms with Crippen LogP contribution in [0.15, 0.2) is 0 Å². The van der Waals surface area contributed by atoms with E-state index in [2.05, 4.69) is 0 Å². The number of ether oxygens (including phenoxy) is 3. The molecule has 2 rings (SSSR count). The van der Waals surface area contributed by atoms with E-state index in [9.17, 15) is 24.6 Å². The molecule has 31 heavy (non-hydrogen) atoms. The fraction of sp³-hybridized carbons (Fsp3) is 0.870. The van der Waals surface area contributed by atoms with Crippen LogP contribution in [-0.2, 0) is 28.6 Å². The molecule has 0 aromatic carbocycles. The summed E-state index contributed by atoms with van der Waals surface area (Å²) in [6, 6.07) is 0. The Morgan fingerprint density at radius 2 is 1.87 bits per heavy atom. The maximum Gasteiger partial charge on any atom is 0.303 e. The first-order valence-electron chi connectivity index (χ1n) is 11.2. The van der Waals surface area contributed by atoms with Gasteiger partial charge in [-0.25, -0.2) is 0 Å². The maximum atomic E-state index is 13.0. The molecule has 8 nitrogen and oxygen atoms in total. The summed E-state index contributed by atoms with van der Waals surface area (Å²) in [5.74, 6) is -0.402. The summed E-state index contributed by atoms with van der Waals surface area (Å²) in [4.78, 5) is 35.7. The molecule has 1 aliphatic carbocycles. The molecule has 1 heterocycles. The van der Waals surface area contributed by atoms with Crippen LogP contribution in [0.4, 0.5) is 0 Å². The highest BCUT2D eigenvalue weighted by Gasteiger charge is 2.50. The van der Waals surface area contributed by atoms with Gasteiger partial charge < -0.3 is 29.2 Å². The molecule has 7 atom stereocenters. The van der Waals surface area contributed by atoms with Gasteiger partial charge in [0.2, 0.25) is 0 Å². The first kappa shape index (κ1) is 25.9. The zero-order chi connectivity index (χ0) is 23.6. The molecule has 2 fully saturated rings. The van der Waals surface area contributed by atoms with E-state index in [0.717, 1.165) is 6.42 Å². The molecule has 0 spiro atoms. The van der Waals surface area contributed by atoms with E-state index < -0.39 is 47.7 Å². The summed E-state index contributed by atoms with van der Waals surface area (Å²) in [5, 5.41) is 20.5. The Morgan fingerprint density at radius 3 is 2.42 bits per heavy atom. The van der Waals surface area contributed by atoms with Crippen molar-refractivity contribution >= 4 is 17.5 Å². The standard InChI is InChI=1S/C23H38O8/c1-13(24)8-7-10-23(6)11-9-16(12-17(23)26)22(4,5)31-21-20(30-15(3)25)19(28)18(27)14(2)29-21/h14,16,18-21,27-28H,7-12H2,1-6H3. The minimum Gasteiger partial charge on any atom is -0.454 e. The molecule has 1 saturated carbocycles. The maximum absolute atomic E-state index is 13.0. The van der Waals surface area contributed by atoms with Crippen LogP contribution >= 0.6 is 0 Å². The van der Waals surface area contributed by atoms with Crippen molar-refractivity contribution < 1.29 is 38.8 Å². The lowest BCUT2D eigenvalue weighted by atomic mass is 9.65. The molecule has 1 aliphatic heterocycles. The van der Waals surface area contributed by atoms with Crippen LogP contribution in [0.2, 0.25) is 0 Å². The number of carbonyl (C=O) groups is 3. The van der Waals surface area contributed by atoms with Gasteiger partial charge in [0.15, 0.2) is 12.4 Å². The number of rotatable bonds is 8.